The van der Waals surface area contributed by atoms with Gasteiger partial charge in [0.1, 0.15) is 5.57 Å². The van der Waals surface area contributed by atoms with Crippen LogP contribution in [0.25, 0.3) is 6.08 Å². The monoisotopic (exact) mass is 625 g/mol. The number of nitrogens with one attached hydrogen (secondary N) is 2. The Bertz CT molecular complexity index is 1610. The third kappa shape index (κ3) is 7.10. The van der Waals surface area contributed by atoms with E-state index in [-0.39, 0.29) is 39.2 Å². The summed E-state index contributed by atoms with van der Waals surface area (Å²) >= 11 is 12.8. The number of anilines is 2. The van der Waals surface area contributed by atoms with Crippen LogP contribution in [0.1, 0.15) is 30.0 Å². The van der Waals surface area contributed by atoms with Gasteiger partial charge in [-0.15, -0.1) is 0 Å². The first-order valence-electron chi connectivity index (χ1n) is 13.2. The lowest BCUT2D eigenvalue weighted by molar-refractivity contribution is -0.122. The molecule has 4 rings (SSSR count). The number of imide groups is 2. The van der Waals surface area contributed by atoms with Crippen LogP contribution in [0.15, 0.2) is 54.1 Å². The number of benzene rings is 3. The zero-order valence-electron chi connectivity index (χ0n) is 23.9. The lowest BCUT2D eigenvalue weighted by atomic mass is 10.1. The van der Waals surface area contributed by atoms with Gasteiger partial charge in [-0.05, 0) is 73.4 Å². The van der Waals surface area contributed by atoms with Crippen molar-refractivity contribution < 1.29 is 33.4 Å². The Morgan fingerprint density at radius 2 is 1.72 bits per heavy atom. The van der Waals surface area contributed by atoms with Crippen molar-refractivity contribution in [3.05, 3.63) is 80.8 Å². The molecule has 0 aliphatic carbocycles. The van der Waals surface area contributed by atoms with Gasteiger partial charge < -0.3 is 19.5 Å². The van der Waals surface area contributed by atoms with Gasteiger partial charge in [0.05, 0.1) is 29.4 Å². The fourth-order valence-electron chi connectivity index (χ4n) is 4.20. The molecule has 224 valence electrons. The van der Waals surface area contributed by atoms with Gasteiger partial charge in [0, 0.05) is 11.8 Å². The highest BCUT2D eigenvalue weighted by Crippen LogP contribution is 2.36. The number of ether oxygens (including phenoxy) is 3. The molecule has 3 aromatic carbocycles. The van der Waals surface area contributed by atoms with E-state index in [0.29, 0.717) is 23.8 Å². The molecular weight excluding hydrogens is 597 g/mol. The number of amides is 5. The van der Waals surface area contributed by atoms with E-state index in [1.165, 1.54) is 37.5 Å². The Kier molecular flexibility index (Phi) is 9.95. The Hall–Kier alpha value is -4.54. The van der Waals surface area contributed by atoms with Gasteiger partial charge in [0.2, 0.25) is 0 Å². The lowest BCUT2D eigenvalue weighted by Crippen LogP contribution is -2.54. The summed E-state index contributed by atoms with van der Waals surface area (Å²) in [6.45, 7) is 5.88. The molecular formula is C31H29Cl2N3O7. The predicted octanol–water partition coefficient (Wildman–Crippen LogP) is 6.09. The van der Waals surface area contributed by atoms with Gasteiger partial charge >= 0.3 is 6.03 Å². The normalized spacial score (nSPS) is 14.0. The van der Waals surface area contributed by atoms with Gasteiger partial charge in [0.15, 0.2) is 23.9 Å². The maximum atomic E-state index is 13.4. The standard InChI is InChI=1S/C31H29Cl2N3O7/c1-5-11-42-25-10-9-20(15-26(25)41-4)36-30(39)21(29(38)35-31(36)40)12-19-13-22(32)28(23(33)14-19)43-16-27(37)34-24-8-6-7-17(2)18(24)3/h6-10,12-15H,5,11,16H2,1-4H3,(H,34,37)(H,35,38,40)/b21-12-. The van der Waals surface area contributed by atoms with Crippen LogP contribution in [0, 0.1) is 13.8 Å². The van der Waals surface area contributed by atoms with Crippen molar-refractivity contribution in [2.24, 2.45) is 0 Å². The van der Waals surface area contributed by atoms with Gasteiger partial charge in [-0.2, -0.15) is 0 Å². The number of hydrogen-bond donors (Lipinski definition) is 2. The van der Waals surface area contributed by atoms with E-state index >= 15 is 0 Å². The molecule has 43 heavy (non-hydrogen) atoms. The Balaban J connectivity index is 1.53. The van der Waals surface area contributed by atoms with E-state index in [9.17, 15) is 19.2 Å². The topological polar surface area (TPSA) is 123 Å². The lowest BCUT2D eigenvalue weighted by Gasteiger charge is -2.27. The van der Waals surface area contributed by atoms with Crippen LogP contribution in [-0.4, -0.2) is 44.1 Å². The van der Waals surface area contributed by atoms with E-state index in [1.807, 2.05) is 32.9 Å². The van der Waals surface area contributed by atoms with Crippen LogP contribution in [0.3, 0.4) is 0 Å². The molecule has 1 fully saturated rings. The van der Waals surface area contributed by atoms with Gasteiger partial charge in [-0.3, -0.25) is 19.7 Å². The summed E-state index contributed by atoms with van der Waals surface area (Å²) < 4.78 is 16.6. The smallest absolute Gasteiger partial charge is 0.335 e. The molecule has 0 unspecified atom stereocenters. The Morgan fingerprint density at radius 3 is 2.40 bits per heavy atom. The minimum absolute atomic E-state index is 0.0443. The van der Waals surface area contributed by atoms with Crippen LogP contribution >= 0.6 is 23.2 Å². The van der Waals surface area contributed by atoms with E-state index in [4.69, 9.17) is 37.4 Å². The SMILES string of the molecule is CCCOc1ccc(N2C(=O)NC(=O)/C(=C/c3cc(Cl)c(OCC(=O)Nc4cccc(C)c4C)c(Cl)c3)C2=O)cc1OC. The third-order valence-corrected chi connectivity index (χ3v) is 7.09. The van der Waals surface area contributed by atoms with Gasteiger partial charge in [-0.25, -0.2) is 9.69 Å². The summed E-state index contributed by atoms with van der Waals surface area (Å²) in [5.74, 6) is -1.37. The van der Waals surface area contributed by atoms with E-state index in [0.717, 1.165) is 22.4 Å². The quantitative estimate of drug-likeness (QED) is 0.206. The highest BCUT2D eigenvalue weighted by molar-refractivity contribution is 6.40. The number of methoxy groups -OCH3 is 1. The molecule has 1 heterocycles. The van der Waals surface area contributed by atoms with Gasteiger partial charge in [0.25, 0.3) is 17.7 Å². The van der Waals surface area contributed by atoms with Crippen LogP contribution in [-0.2, 0) is 14.4 Å². The predicted molar refractivity (Wildman–Crippen MR) is 164 cm³/mol. The molecule has 5 amide bonds. The average molecular weight is 626 g/mol. The molecule has 3 aromatic rings. The molecule has 2 N–H and O–H groups in total. The summed E-state index contributed by atoms with van der Waals surface area (Å²) in [6, 6.07) is 12.0. The number of aryl methyl sites for hydroxylation is 1. The van der Waals surface area contributed by atoms with Crippen molar-refractivity contribution in [1.29, 1.82) is 0 Å². The molecule has 0 atom stereocenters. The number of hydrogen-bond acceptors (Lipinski definition) is 7. The molecule has 0 saturated carbocycles. The van der Waals surface area contributed by atoms with Crippen LogP contribution in [0.4, 0.5) is 16.2 Å². The van der Waals surface area contributed by atoms with Crippen molar-refractivity contribution in [1.82, 2.24) is 5.32 Å². The van der Waals surface area contributed by atoms with Crippen LogP contribution in [0.5, 0.6) is 17.2 Å². The number of urea groups is 1. The Labute approximate surface area is 258 Å². The van der Waals surface area contributed by atoms with Gasteiger partial charge in [-0.1, -0.05) is 42.3 Å². The number of nitrogens with zero attached hydrogens (tertiary/aromatic N) is 1. The third-order valence-electron chi connectivity index (χ3n) is 6.53. The minimum atomic E-state index is -0.921. The van der Waals surface area contributed by atoms with Crippen molar-refractivity contribution in [3.8, 4) is 17.2 Å². The average Bonchev–Trinajstić information content (AvgIpc) is 2.96. The summed E-state index contributed by atoms with van der Waals surface area (Å²) in [5.41, 5.74) is 2.75. The first-order valence-corrected chi connectivity index (χ1v) is 14.0. The fourth-order valence-corrected chi connectivity index (χ4v) is 4.81. The molecule has 0 radical (unpaired) electrons. The highest BCUT2D eigenvalue weighted by atomic mass is 35.5. The molecule has 1 aliphatic heterocycles. The Morgan fingerprint density at radius 1 is 1.00 bits per heavy atom. The highest BCUT2D eigenvalue weighted by Gasteiger charge is 2.37. The fraction of sp³-hybridized carbons (Fsp3) is 0.226. The molecule has 0 spiro atoms. The molecule has 12 heteroatoms. The van der Waals surface area contributed by atoms with Crippen molar-refractivity contribution in [2.75, 3.05) is 30.5 Å². The second kappa shape index (κ2) is 13.6. The summed E-state index contributed by atoms with van der Waals surface area (Å²) in [4.78, 5) is 52.0. The number of rotatable bonds is 10. The largest absolute Gasteiger partial charge is 0.493 e. The second-order valence-electron chi connectivity index (χ2n) is 9.54. The summed E-state index contributed by atoms with van der Waals surface area (Å²) in [5, 5.41) is 5.04. The molecule has 10 nitrogen and oxygen atoms in total. The molecule has 1 saturated heterocycles. The number of carbonyl (C=O) groups is 4. The van der Waals surface area contributed by atoms with Crippen molar-refractivity contribution in [2.45, 2.75) is 27.2 Å². The van der Waals surface area contributed by atoms with E-state index in [2.05, 4.69) is 10.6 Å². The summed E-state index contributed by atoms with van der Waals surface area (Å²) in [7, 11) is 1.43. The van der Waals surface area contributed by atoms with Crippen LogP contribution < -0.4 is 29.7 Å². The van der Waals surface area contributed by atoms with E-state index in [1.54, 1.807) is 12.1 Å². The molecule has 1 aliphatic rings. The first-order chi connectivity index (χ1) is 20.5. The maximum Gasteiger partial charge on any atom is 0.335 e. The van der Waals surface area contributed by atoms with Crippen molar-refractivity contribution >= 4 is 64.4 Å². The number of halogens is 2. The molecule has 0 aromatic heterocycles. The van der Waals surface area contributed by atoms with Crippen molar-refractivity contribution in [3.63, 3.8) is 0 Å². The maximum absolute atomic E-state index is 13.4. The second-order valence-corrected chi connectivity index (χ2v) is 10.4. The zero-order chi connectivity index (χ0) is 31.3. The number of barbiturate groups is 1. The summed E-state index contributed by atoms with van der Waals surface area (Å²) in [6.07, 6.45) is 2.03. The zero-order valence-corrected chi connectivity index (χ0v) is 25.4. The molecule has 0 bridgehead atoms. The minimum Gasteiger partial charge on any atom is -0.493 e. The number of carbonyl (C=O) groups excluding carboxylic acids is 4. The van der Waals surface area contributed by atoms with E-state index < -0.39 is 23.8 Å². The van der Waals surface area contributed by atoms with Crippen LogP contribution in [0.2, 0.25) is 10.0 Å². The first kappa shape index (κ1) is 31.4.